The number of rotatable bonds is 4. The first-order chi connectivity index (χ1) is 11.6. The molecule has 1 fully saturated rings. The highest BCUT2D eigenvalue weighted by atomic mass is 16.5. The van der Waals surface area contributed by atoms with Gasteiger partial charge in [-0.15, -0.1) is 0 Å². The molecule has 0 aliphatic heterocycles. The first kappa shape index (κ1) is 16.4. The van der Waals surface area contributed by atoms with Crippen molar-refractivity contribution in [1.29, 1.82) is 0 Å². The summed E-state index contributed by atoms with van der Waals surface area (Å²) in [5.74, 6) is -0.507. The highest BCUT2D eigenvalue weighted by Crippen LogP contribution is 2.29. The Kier molecular flexibility index (Phi) is 4.79. The van der Waals surface area contributed by atoms with Crippen LogP contribution >= 0.6 is 0 Å². The third kappa shape index (κ3) is 3.25. The third-order valence-electron chi connectivity index (χ3n) is 4.73. The van der Waals surface area contributed by atoms with E-state index in [4.69, 9.17) is 4.74 Å². The first-order valence-electron chi connectivity index (χ1n) is 8.37. The largest absolute Gasteiger partial charge is 0.467 e. The van der Waals surface area contributed by atoms with Crippen LogP contribution in [0.2, 0.25) is 0 Å². The molecule has 1 N–H and O–H groups in total. The summed E-state index contributed by atoms with van der Waals surface area (Å²) in [6.45, 7) is 0. The molecule has 0 atom stereocenters. The highest BCUT2D eigenvalue weighted by Gasteiger charge is 2.41. The lowest BCUT2D eigenvalue weighted by molar-refractivity contribution is -0.152. The fourth-order valence-electron chi connectivity index (χ4n) is 3.52. The van der Waals surface area contributed by atoms with E-state index in [-0.39, 0.29) is 18.3 Å². The van der Waals surface area contributed by atoms with Crippen molar-refractivity contribution in [2.75, 3.05) is 7.11 Å². The minimum atomic E-state index is -0.873. The van der Waals surface area contributed by atoms with Crippen molar-refractivity contribution < 1.29 is 14.3 Å². The van der Waals surface area contributed by atoms with E-state index in [0.717, 1.165) is 35.7 Å². The van der Waals surface area contributed by atoms with Crippen LogP contribution in [0.5, 0.6) is 0 Å². The van der Waals surface area contributed by atoms with Gasteiger partial charge in [0.15, 0.2) is 0 Å². The molecule has 1 aromatic heterocycles. The fourth-order valence-corrected chi connectivity index (χ4v) is 3.52. The summed E-state index contributed by atoms with van der Waals surface area (Å²) in [6.07, 6.45) is 6.13. The molecule has 0 saturated heterocycles. The molecule has 1 aliphatic rings. The van der Waals surface area contributed by atoms with Gasteiger partial charge in [-0.25, -0.2) is 4.79 Å². The average molecular weight is 326 g/mol. The molecule has 1 saturated carbocycles. The summed E-state index contributed by atoms with van der Waals surface area (Å²) >= 11 is 0. The maximum absolute atomic E-state index is 12.6. The van der Waals surface area contributed by atoms with Gasteiger partial charge < -0.3 is 10.1 Å². The Morgan fingerprint density at radius 2 is 1.92 bits per heavy atom. The van der Waals surface area contributed by atoms with Gasteiger partial charge in [-0.2, -0.15) is 0 Å². The lowest BCUT2D eigenvalue weighted by atomic mass is 9.81. The van der Waals surface area contributed by atoms with E-state index in [0.29, 0.717) is 12.8 Å². The Morgan fingerprint density at radius 1 is 1.17 bits per heavy atom. The lowest BCUT2D eigenvalue weighted by Crippen LogP contribution is -2.56. The Bertz CT molecular complexity index is 746. The van der Waals surface area contributed by atoms with E-state index in [2.05, 4.69) is 10.3 Å². The van der Waals surface area contributed by atoms with Crippen LogP contribution < -0.4 is 5.32 Å². The second-order valence-electron chi connectivity index (χ2n) is 6.35. The lowest BCUT2D eigenvalue weighted by Gasteiger charge is -2.35. The predicted molar refractivity (Wildman–Crippen MR) is 91.4 cm³/mol. The third-order valence-corrected chi connectivity index (χ3v) is 4.73. The van der Waals surface area contributed by atoms with E-state index in [9.17, 15) is 9.59 Å². The van der Waals surface area contributed by atoms with Gasteiger partial charge in [0.2, 0.25) is 5.91 Å². The van der Waals surface area contributed by atoms with E-state index in [1.165, 1.54) is 7.11 Å². The van der Waals surface area contributed by atoms with Gasteiger partial charge in [0.1, 0.15) is 5.54 Å². The molecule has 2 aromatic rings. The first-order valence-corrected chi connectivity index (χ1v) is 8.37. The number of benzene rings is 1. The van der Waals surface area contributed by atoms with Crippen molar-refractivity contribution in [1.82, 2.24) is 10.3 Å². The molecule has 0 radical (unpaired) electrons. The molecule has 5 heteroatoms. The Balaban J connectivity index is 1.79. The molecule has 3 rings (SSSR count). The van der Waals surface area contributed by atoms with E-state index in [1.54, 1.807) is 6.20 Å². The topological polar surface area (TPSA) is 68.3 Å². The van der Waals surface area contributed by atoms with Crippen LogP contribution in [-0.4, -0.2) is 29.5 Å². The number of methoxy groups -OCH3 is 1. The summed E-state index contributed by atoms with van der Waals surface area (Å²) < 4.78 is 4.95. The van der Waals surface area contributed by atoms with Gasteiger partial charge in [0, 0.05) is 11.6 Å². The molecule has 126 valence electrons. The highest BCUT2D eigenvalue weighted by molar-refractivity contribution is 5.91. The zero-order valence-corrected chi connectivity index (χ0v) is 13.9. The van der Waals surface area contributed by atoms with Crippen molar-refractivity contribution in [2.45, 2.75) is 44.1 Å². The number of para-hydroxylation sites is 1. The minimum absolute atomic E-state index is 0.166. The number of ether oxygens (including phenoxy) is 1. The number of carbonyl (C=O) groups is 2. The molecule has 1 heterocycles. The molecule has 1 aromatic carbocycles. The number of hydrogen-bond acceptors (Lipinski definition) is 4. The summed E-state index contributed by atoms with van der Waals surface area (Å²) in [6, 6.07) is 9.64. The molecule has 1 amide bonds. The van der Waals surface area contributed by atoms with Crippen LogP contribution in [-0.2, 0) is 20.7 Å². The SMILES string of the molecule is COC(=O)C1(NC(=O)Cc2cccc3cccnc23)CCCCC1. The Labute approximate surface area is 141 Å². The van der Waals surface area contributed by atoms with Crippen LogP contribution in [0, 0.1) is 0 Å². The van der Waals surface area contributed by atoms with Crippen LogP contribution in [0.25, 0.3) is 10.9 Å². The van der Waals surface area contributed by atoms with Gasteiger partial charge >= 0.3 is 5.97 Å². The smallest absolute Gasteiger partial charge is 0.331 e. The molecule has 5 nitrogen and oxygen atoms in total. The van der Waals surface area contributed by atoms with Gasteiger partial charge in [-0.05, 0) is 24.5 Å². The van der Waals surface area contributed by atoms with Gasteiger partial charge in [0.25, 0.3) is 0 Å². The maximum atomic E-state index is 12.6. The Hall–Kier alpha value is -2.43. The maximum Gasteiger partial charge on any atom is 0.331 e. The molecule has 24 heavy (non-hydrogen) atoms. The molecule has 1 aliphatic carbocycles. The van der Waals surface area contributed by atoms with Crippen molar-refractivity contribution in [3.05, 3.63) is 42.1 Å². The van der Waals surface area contributed by atoms with Crippen LogP contribution in [0.15, 0.2) is 36.5 Å². The number of hydrogen-bond donors (Lipinski definition) is 1. The number of fused-ring (bicyclic) bond motifs is 1. The summed E-state index contributed by atoms with van der Waals surface area (Å²) in [4.78, 5) is 29.2. The minimum Gasteiger partial charge on any atom is -0.467 e. The average Bonchev–Trinajstić information content (AvgIpc) is 2.62. The van der Waals surface area contributed by atoms with Gasteiger partial charge in [-0.1, -0.05) is 43.5 Å². The van der Waals surface area contributed by atoms with Crippen molar-refractivity contribution in [2.24, 2.45) is 0 Å². The van der Waals surface area contributed by atoms with Crippen molar-refractivity contribution in [3.8, 4) is 0 Å². The van der Waals surface area contributed by atoms with Crippen molar-refractivity contribution in [3.63, 3.8) is 0 Å². The molecular formula is C19H22N2O3. The van der Waals surface area contributed by atoms with Crippen molar-refractivity contribution >= 4 is 22.8 Å². The number of nitrogens with one attached hydrogen (secondary N) is 1. The normalized spacial score (nSPS) is 16.5. The molecular weight excluding hydrogens is 304 g/mol. The zero-order chi connectivity index (χ0) is 17.0. The molecule has 0 spiro atoms. The van der Waals surface area contributed by atoms with Crippen LogP contribution in [0.4, 0.5) is 0 Å². The monoisotopic (exact) mass is 326 g/mol. The second kappa shape index (κ2) is 6.99. The standard InChI is InChI=1S/C19H22N2O3/c1-24-18(23)19(10-3-2-4-11-19)21-16(22)13-15-8-5-7-14-9-6-12-20-17(14)15/h5-9,12H,2-4,10-11,13H2,1H3,(H,21,22). The van der Waals surface area contributed by atoms with Gasteiger partial charge in [0.05, 0.1) is 19.0 Å². The second-order valence-corrected chi connectivity index (χ2v) is 6.35. The number of esters is 1. The van der Waals surface area contributed by atoms with Crippen LogP contribution in [0.1, 0.15) is 37.7 Å². The molecule has 0 bridgehead atoms. The van der Waals surface area contributed by atoms with Gasteiger partial charge in [-0.3, -0.25) is 9.78 Å². The van der Waals surface area contributed by atoms with E-state index >= 15 is 0 Å². The quantitative estimate of drug-likeness (QED) is 0.877. The number of carbonyl (C=O) groups excluding carboxylic acids is 2. The summed E-state index contributed by atoms with van der Waals surface area (Å²) in [7, 11) is 1.37. The van der Waals surface area contributed by atoms with E-state index in [1.807, 2.05) is 30.3 Å². The van der Waals surface area contributed by atoms with E-state index < -0.39 is 5.54 Å². The predicted octanol–water partition coefficient (Wildman–Crippen LogP) is 2.77. The Morgan fingerprint density at radius 3 is 2.67 bits per heavy atom. The number of nitrogens with zero attached hydrogens (tertiary/aromatic N) is 1. The number of aromatic nitrogens is 1. The summed E-state index contributed by atoms with van der Waals surface area (Å²) in [5, 5.41) is 3.96. The fraction of sp³-hybridized carbons (Fsp3) is 0.421. The number of amides is 1. The molecule has 0 unspecified atom stereocenters. The van der Waals surface area contributed by atoms with Crippen LogP contribution in [0.3, 0.4) is 0 Å². The zero-order valence-electron chi connectivity index (χ0n) is 13.9. The number of pyridine rings is 1. The summed E-state index contributed by atoms with van der Waals surface area (Å²) in [5.41, 5.74) is 0.814.